The fraction of sp³-hybridized carbons (Fsp3) is 0.630. The molecule has 0 aliphatic carbocycles. The van der Waals surface area contributed by atoms with Gasteiger partial charge in [-0.25, -0.2) is 13.2 Å². The van der Waals surface area contributed by atoms with Gasteiger partial charge in [-0.05, 0) is 59.8 Å². The molecule has 2 aliphatic rings. The van der Waals surface area contributed by atoms with Crippen LogP contribution in [0.2, 0.25) is 0 Å². The molecule has 0 radical (unpaired) electrons. The molecule has 0 bridgehead atoms. The minimum Gasteiger partial charge on any atom is -0.444 e. The van der Waals surface area contributed by atoms with E-state index >= 15 is 0 Å². The number of hydrogen-bond acceptors (Lipinski definition) is 8. The average Bonchev–Trinajstić information content (AvgIpc) is 3.26. The molecule has 37 heavy (non-hydrogen) atoms. The molecule has 0 aromatic heterocycles. The van der Waals surface area contributed by atoms with E-state index in [4.69, 9.17) is 18.9 Å². The van der Waals surface area contributed by atoms with E-state index in [1.54, 1.807) is 69.9 Å². The lowest BCUT2D eigenvalue weighted by molar-refractivity contribution is -0.104. The average molecular weight is 538 g/mol. The Labute approximate surface area is 220 Å². The Balaban J connectivity index is 1.79. The maximum absolute atomic E-state index is 13.3. The molecule has 2 fully saturated rings. The van der Waals surface area contributed by atoms with Gasteiger partial charge in [0, 0.05) is 19.4 Å². The van der Waals surface area contributed by atoms with Crippen molar-refractivity contribution in [3.63, 3.8) is 0 Å². The second-order valence-electron chi connectivity index (χ2n) is 11.1. The zero-order valence-corrected chi connectivity index (χ0v) is 23.5. The van der Waals surface area contributed by atoms with Crippen molar-refractivity contribution in [1.82, 2.24) is 4.90 Å². The minimum atomic E-state index is -3.65. The van der Waals surface area contributed by atoms with Crippen LogP contribution in [0.1, 0.15) is 46.6 Å². The smallest absolute Gasteiger partial charge is 0.412 e. The summed E-state index contributed by atoms with van der Waals surface area (Å²) in [5, 5.41) is 0. The van der Waals surface area contributed by atoms with Gasteiger partial charge in [-0.3, -0.25) is 9.69 Å². The van der Waals surface area contributed by atoms with Gasteiger partial charge in [-0.2, -0.15) is 0 Å². The number of sulfone groups is 1. The number of nitrogens with zero attached hydrogens (tertiary/aromatic N) is 1. The summed E-state index contributed by atoms with van der Waals surface area (Å²) in [6.07, 6.45) is 1.31. The van der Waals surface area contributed by atoms with Gasteiger partial charge in [0.25, 0.3) is 0 Å². The monoisotopic (exact) mass is 537 g/mol. The number of hydrogen-bond donors (Lipinski definition) is 0. The molecule has 1 aromatic rings. The summed E-state index contributed by atoms with van der Waals surface area (Å²) in [7, 11) is -2.13. The van der Waals surface area contributed by atoms with E-state index in [0.717, 1.165) is 5.56 Å². The molecule has 0 spiro atoms. The molecular formula is C27H39NO8S. The van der Waals surface area contributed by atoms with Crippen LogP contribution in [0.5, 0.6) is 0 Å². The fourth-order valence-corrected chi connectivity index (χ4v) is 6.54. The molecule has 10 heteroatoms. The van der Waals surface area contributed by atoms with Crippen LogP contribution in [0, 0.1) is 12.8 Å². The topological polar surface area (TPSA) is 108 Å². The van der Waals surface area contributed by atoms with E-state index in [9.17, 15) is 18.0 Å². The van der Waals surface area contributed by atoms with Crippen molar-refractivity contribution in [2.45, 2.75) is 88.6 Å². The van der Waals surface area contributed by atoms with Crippen molar-refractivity contribution >= 4 is 22.2 Å². The van der Waals surface area contributed by atoms with E-state index in [2.05, 4.69) is 0 Å². The molecular weight excluding hydrogens is 498 g/mol. The van der Waals surface area contributed by atoms with Crippen LogP contribution in [-0.4, -0.2) is 80.8 Å². The Bertz CT molecular complexity index is 1090. The lowest BCUT2D eigenvalue weighted by atomic mass is 9.95. The van der Waals surface area contributed by atoms with Crippen LogP contribution in [0.25, 0.3) is 0 Å². The zero-order valence-electron chi connectivity index (χ0n) is 22.7. The number of ether oxygens (including phenoxy) is 4. The van der Waals surface area contributed by atoms with Gasteiger partial charge >= 0.3 is 6.09 Å². The third-order valence-corrected chi connectivity index (χ3v) is 8.40. The van der Waals surface area contributed by atoms with Crippen LogP contribution in [0.4, 0.5) is 4.79 Å². The van der Waals surface area contributed by atoms with Gasteiger partial charge < -0.3 is 18.9 Å². The number of aryl methyl sites for hydroxylation is 1. The number of carbonyl (C=O) groups is 2. The number of benzene rings is 1. The molecule has 3 rings (SSSR count). The summed E-state index contributed by atoms with van der Waals surface area (Å²) >= 11 is 0. The van der Waals surface area contributed by atoms with Crippen molar-refractivity contribution in [2.75, 3.05) is 19.4 Å². The molecule has 0 N–H and O–H groups in total. The highest BCUT2D eigenvalue weighted by molar-refractivity contribution is 7.91. The van der Waals surface area contributed by atoms with Gasteiger partial charge in [0.05, 0.1) is 41.6 Å². The van der Waals surface area contributed by atoms with Crippen molar-refractivity contribution in [3.8, 4) is 0 Å². The lowest BCUT2D eigenvalue weighted by Crippen LogP contribution is -2.46. The second-order valence-corrected chi connectivity index (χ2v) is 13.2. The standard InChI is InChI=1S/C27H39NO8S/c1-18-10-12-20(13-11-18)37(31,32)17-21-22(9-8-14-29)34-23(24(21)33-7)15-19-16-28(27(5,6)35-19)25(30)36-26(2,3)4/h8-14,19,21-24H,15-17H2,1-7H3. The predicted molar refractivity (Wildman–Crippen MR) is 138 cm³/mol. The molecule has 0 saturated carbocycles. The molecule has 5 atom stereocenters. The summed E-state index contributed by atoms with van der Waals surface area (Å²) in [4.78, 5) is 25.6. The zero-order chi connectivity index (χ0) is 27.6. The summed E-state index contributed by atoms with van der Waals surface area (Å²) in [6.45, 7) is 11.2. The quantitative estimate of drug-likeness (QED) is 0.365. The summed E-state index contributed by atoms with van der Waals surface area (Å²) < 4.78 is 50.3. The third-order valence-electron chi connectivity index (χ3n) is 6.59. The van der Waals surface area contributed by atoms with Crippen molar-refractivity contribution < 1.29 is 37.0 Å². The Morgan fingerprint density at radius 2 is 1.86 bits per heavy atom. The van der Waals surface area contributed by atoms with Gasteiger partial charge in [-0.1, -0.05) is 23.8 Å². The molecule has 2 aliphatic heterocycles. The Hall–Kier alpha value is -2.27. The number of methoxy groups -OCH3 is 1. The highest BCUT2D eigenvalue weighted by Gasteiger charge is 2.50. The largest absolute Gasteiger partial charge is 0.444 e. The van der Waals surface area contributed by atoms with E-state index < -0.39 is 51.5 Å². The molecule has 2 saturated heterocycles. The SMILES string of the molecule is COC1C(CC2CN(C(=O)OC(C)(C)C)C(C)(C)O2)OC(C=CC=O)C1CS(=O)(=O)c1ccc(C)cc1. The number of carbonyl (C=O) groups excluding carboxylic acids is 2. The van der Waals surface area contributed by atoms with Gasteiger partial charge in [0.2, 0.25) is 0 Å². The number of aldehydes is 1. The summed E-state index contributed by atoms with van der Waals surface area (Å²) in [5.41, 5.74) is -0.571. The second kappa shape index (κ2) is 11.2. The third kappa shape index (κ3) is 7.19. The first-order chi connectivity index (χ1) is 17.2. The molecule has 1 aromatic carbocycles. The molecule has 206 valence electrons. The van der Waals surface area contributed by atoms with Crippen molar-refractivity contribution in [3.05, 3.63) is 42.0 Å². The summed E-state index contributed by atoms with van der Waals surface area (Å²) in [5.74, 6) is -0.756. The first-order valence-electron chi connectivity index (χ1n) is 12.4. The van der Waals surface area contributed by atoms with E-state index in [0.29, 0.717) is 19.3 Å². The first kappa shape index (κ1) is 29.3. The molecule has 1 amide bonds. The predicted octanol–water partition coefficient (Wildman–Crippen LogP) is 3.68. The van der Waals surface area contributed by atoms with Crippen LogP contribution in [0.3, 0.4) is 0 Å². The van der Waals surface area contributed by atoms with Crippen LogP contribution < -0.4 is 0 Å². The highest BCUT2D eigenvalue weighted by atomic mass is 32.2. The van der Waals surface area contributed by atoms with Crippen LogP contribution in [0.15, 0.2) is 41.3 Å². The molecule has 5 unspecified atom stereocenters. The molecule has 2 heterocycles. The Kier molecular flexibility index (Phi) is 8.89. The molecule has 9 nitrogen and oxygen atoms in total. The van der Waals surface area contributed by atoms with E-state index in [1.165, 1.54) is 13.2 Å². The first-order valence-corrected chi connectivity index (χ1v) is 14.1. The van der Waals surface area contributed by atoms with Crippen molar-refractivity contribution in [2.24, 2.45) is 5.92 Å². The van der Waals surface area contributed by atoms with E-state index in [1.807, 2.05) is 6.92 Å². The maximum Gasteiger partial charge on any atom is 0.412 e. The normalized spacial score (nSPS) is 28.1. The van der Waals surface area contributed by atoms with Gasteiger partial charge in [-0.15, -0.1) is 0 Å². The maximum atomic E-state index is 13.3. The van der Waals surface area contributed by atoms with E-state index in [-0.39, 0.29) is 16.8 Å². The summed E-state index contributed by atoms with van der Waals surface area (Å²) in [6, 6.07) is 6.70. The van der Waals surface area contributed by atoms with Gasteiger partial charge in [0.1, 0.15) is 17.6 Å². The number of allylic oxidation sites excluding steroid dienone is 1. The van der Waals surface area contributed by atoms with Gasteiger partial charge in [0.15, 0.2) is 9.84 Å². The van der Waals surface area contributed by atoms with Crippen LogP contribution in [-0.2, 0) is 33.6 Å². The van der Waals surface area contributed by atoms with Crippen molar-refractivity contribution in [1.29, 1.82) is 0 Å². The highest BCUT2D eigenvalue weighted by Crippen LogP contribution is 2.38. The van der Waals surface area contributed by atoms with Crippen LogP contribution >= 0.6 is 0 Å². The number of rotatable bonds is 8. The minimum absolute atomic E-state index is 0.208. The Morgan fingerprint density at radius 3 is 2.43 bits per heavy atom. The lowest BCUT2D eigenvalue weighted by Gasteiger charge is -2.31. The number of amides is 1. The Morgan fingerprint density at radius 1 is 1.22 bits per heavy atom. The fourth-order valence-electron chi connectivity index (χ4n) is 4.91.